The van der Waals surface area contributed by atoms with Crippen LogP contribution in [0, 0.1) is 18.6 Å². The molecule has 0 spiro atoms. The Labute approximate surface area is 163 Å². The molecule has 3 aromatic rings. The van der Waals surface area contributed by atoms with E-state index in [1.165, 1.54) is 30.5 Å². The first-order valence-corrected chi connectivity index (χ1v) is 9.05. The van der Waals surface area contributed by atoms with Gasteiger partial charge in [0.05, 0.1) is 10.4 Å². The Balaban J connectivity index is 1.64. The Morgan fingerprint density at radius 3 is 2.54 bits per heavy atom. The third-order valence-electron chi connectivity index (χ3n) is 3.84. The molecule has 0 atom stereocenters. The molecule has 8 heteroatoms. The number of carbonyl (C=O) groups is 2. The summed E-state index contributed by atoms with van der Waals surface area (Å²) in [6.07, 6.45) is -0.957. The Hall–Kier alpha value is -3.26. The number of thiophene rings is 1. The first-order chi connectivity index (χ1) is 13.5. The van der Waals surface area contributed by atoms with E-state index >= 15 is 0 Å². The number of nitrogens with one attached hydrogen (secondary N) is 1. The van der Waals surface area contributed by atoms with Crippen LogP contribution in [0.15, 0.2) is 53.9 Å². The maximum atomic E-state index is 14.2. The first-order valence-electron chi connectivity index (χ1n) is 8.17. The van der Waals surface area contributed by atoms with Gasteiger partial charge in [0.1, 0.15) is 6.61 Å². The number of benzene rings is 2. The summed E-state index contributed by atoms with van der Waals surface area (Å²) >= 11 is 1.05. The summed E-state index contributed by atoms with van der Waals surface area (Å²) in [6.45, 7) is 1.44. The molecule has 0 radical (unpaired) electrons. The van der Waals surface area contributed by atoms with Crippen molar-refractivity contribution in [2.75, 3.05) is 0 Å². The zero-order valence-corrected chi connectivity index (χ0v) is 15.5. The standard InChI is InChI=1S/C20H15F2NO4S/c1-12-7-8-14(17(22)16(12)21)18-15(9-10-28-18)19(24)27-23-20(25)26-11-13-5-3-2-4-6-13/h2-10H,11H2,1H3,(H,23,25). The predicted molar refractivity (Wildman–Crippen MR) is 99.6 cm³/mol. The summed E-state index contributed by atoms with van der Waals surface area (Å²) in [5.74, 6) is -2.95. The summed E-state index contributed by atoms with van der Waals surface area (Å²) in [7, 11) is 0. The first kappa shape index (κ1) is 19.5. The lowest BCUT2D eigenvalue weighted by Gasteiger charge is -2.09. The van der Waals surface area contributed by atoms with Gasteiger partial charge < -0.3 is 9.57 Å². The van der Waals surface area contributed by atoms with Gasteiger partial charge in [-0.15, -0.1) is 16.8 Å². The minimum Gasteiger partial charge on any atom is -0.443 e. The number of halogens is 2. The topological polar surface area (TPSA) is 64.6 Å². The number of hydrogen-bond acceptors (Lipinski definition) is 5. The number of rotatable bonds is 4. The van der Waals surface area contributed by atoms with E-state index < -0.39 is 23.7 Å². The van der Waals surface area contributed by atoms with E-state index in [1.807, 2.05) is 11.5 Å². The van der Waals surface area contributed by atoms with Gasteiger partial charge in [-0.1, -0.05) is 42.5 Å². The van der Waals surface area contributed by atoms with Crippen LogP contribution < -0.4 is 5.48 Å². The lowest BCUT2D eigenvalue weighted by Crippen LogP contribution is -2.27. The third kappa shape index (κ3) is 4.34. The number of carbonyl (C=O) groups excluding carboxylic acids is 2. The fraction of sp³-hybridized carbons (Fsp3) is 0.100. The van der Waals surface area contributed by atoms with Crippen molar-refractivity contribution in [1.29, 1.82) is 0 Å². The summed E-state index contributed by atoms with van der Waals surface area (Å²) < 4.78 is 33.0. The van der Waals surface area contributed by atoms with Crippen LogP contribution in [0.25, 0.3) is 10.4 Å². The van der Waals surface area contributed by atoms with Crippen molar-refractivity contribution >= 4 is 23.4 Å². The molecule has 1 heterocycles. The Kier molecular flexibility index (Phi) is 6.00. The van der Waals surface area contributed by atoms with Crippen molar-refractivity contribution < 1.29 is 27.9 Å². The van der Waals surface area contributed by atoms with Crippen LogP contribution in [-0.4, -0.2) is 12.1 Å². The maximum Gasteiger partial charge on any atom is 0.441 e. The second-order valence-electron chi connectivity index (χ2n) is 5.77. The normalized spacial score (nSPS) is 10.4. The molecule has 0 aliphatic heterocycles. The summed E-state index contributed by atoms with van der Waals surface area (Å²) in [6, 6.07) is 13.2. The van der Waals surface area contributed by atoms with Crippen molar-refractivity contribution in [3.63, 3.8) is 0 Å². The molecule has 0 unspecified atom stereocenters. The van der Waals surface area contributed by atoms with Gasteiger partial charge in [0.15, 0.2) is 11.6 Å². The second-order valence-corrected chi connectivity index (χ2v) is 6.69. The quantitative estimate of drug-likeness (QED) is 0.623. The van der Waals surface area contributed by atoms with Crippen molar-refractivity contribution in [2.45, 2.75) is 13.5 Å². The molecule has 1 amide bonds. The van der Waals surface area contributed by atoms with Crippen LogP contribution in [-0.2, 0) is 16.2 Å². The predicted octanol–water partition coefficient (Wildman–Crippen LogP) is 5.00. The molecular formula is C20H15F2NO4S. The van der Waals surface area contributed by atoms with E-state index in [9.17, 15) is 18.4 Å². The SMILES string of the molecule is Cc1ccc(-c2sccc2C(=O)ONC(=O)OCc2ccccc2)c(F)c1F. The van der Waals surface area contributed by atoms with Crippen molar-refractivity contribution in [3.05, 3.63) is 82.2 Å². The highest BCUT2D eigenvalue weighted by atomic mass is 32.1. The molecule has 0 bridgehead atoms. The number of amides is 1. The Morgan fingerprint density at radius 1 is 1.04 bits per heavy atom. The molecular weight excluding hydrogens is 388 g/mol. The van der Waals surface area contributed by atoms with Gasteiger partial charge in [-0.25, -0.2) is 18.4 Å². The number of hydroxylamine groups is 1. The number of ether oxygens (including phenoxy) is 1. The highest BCUT2D eigenvalue weighted by molar-refractivity contribution is 7.14. The van der Waals surface area contributed by atoms with E-state index in [0.717, 1.165) is 16.9 Å². The van der Waals surface area contributed by atoms with E-state index in [4.69, 9.17) is 9.57 Å². The lowest BCUT2D eigenvalue weighted by atomic mass is 10.1. The zero-order valence-electron chi connectivity index (χ0n) is 14.7. The molecule has 0 aliphatic carbocycles. The van der Waals surface area contributed by atoms with Gasteiger partial charge in [-0.3, -0.25) is 0 Å². The van der Waals surface area contributed by atoms with Crippen LogP contribution in [0.1, 0.15) is 21.5 Å². The maximum absolute atomic E-state index is 14.2. The van der Waals surface area contributed by atoms with E-state index in [-0.39, 0.29) is 28.2 Å². The van der Waals surface area contributed by atoms with Gasteiger partial charge >= 0.3 is 12.1 Å². The number of hydrogen-bond donors (Lipinski definition) is 1. The lowest BCUT2D eigenvalue weighted by molar-refractivity contribution is 0.0198. The molecule has 0 aliphatic rings. The molecule has 0 saturated carbocycles. The minimum absolute atomic E-state index is 0.00177. The fourth-order valence-electron chi connectivity index (χ4n) is 2.40. The smallest absolute Gasteiger partial charge is 0.441 e. The molecule has 0 fully saturated rings. The van der Waals surface area contributed by atoms with Gasteiger partial charge in [0.25, 0.3) is 0 Å². The van der Waals surface area contributed by atoms with Crippen molar-refractivity contribution in [1.82, 2.24) is 5.48 Å². The zero-order chi connectivity index (χ0) is 20.1. The summed E-state index contributed by atoms with van der Waals surface area (Å²) in [4.78, 5) is 28.8. The van der Waals surface area contributed by atoms with Crippen LogP contribution in [0.4, 0.5) is 13.6 Å². The Bertz CT molecular complexity index is 1000. The van der Waals surface area contributed by atoms with Gasteiger partial charge in [0, 0.05) is 5.56 Å². The van der Waals surface area contributed by atoms with Gasteiger partial charge in [0.2, 0.25) is 0 Å². The molecule has 144 valence electrons. The van der Waals surface area contributed by atoms with Crippen molar-refractivity contribution in [3.8, 4) is 10.4 Å². The largest absolute Gasteiger partial charge is 0.443 e. The summed E-state index contributed by atoms with van der Waals surface area (Å²) in [5, 5.41) is 1.54. The molecule has 2 aromatic carbocycles. The van der Waals surface area contributed by atoms with Crippen LogP contribution >= 0.6 is 11.3 Å². The number of aryl methyl sites for hydroxylation is 1. The van der Waals surface area contributed by atoms with Gasteiger partial charge in [-0.2, -0.15) is 0 Å². The van der Waals surface area contributed by atoms with Crippen LogP contribution in [0.2, 0.25) is 0 Å². The minimum atomic E-state index is -1.05. The molecule has 1 aromatic heterocycles. The molecule has 3 rings (SSSR count). The third-order valence-corrected chi connectivity index (χ3v) is 4.79. The van der Waals surface area contributed by atoms with E-state index in [1.54, 1.807) is 24.3 Å². The molecule has 5 nitrogen and oxygen atoms in total. The highest BCUT2D eigenvalue weighted by Crippen LogP contribution is 2.33. The van der Waals surface area contributed by atoms with Crippen LogP contribution in [0.3, 0.4) is 0 Å². The van der Waals surface area contributed by atoms with Crippen LogP contribution in [0.5, 0.6) is 0 Å². The van der Waals surface area contributed by atoms with Gasteiger partial charge in [-0.05, 0) is 29.5 Å². The molecule has 28 heavy (non-hydrogen) atoms. The highest BCUT2D eigenvalue weighted by Gasteiger charge is 2.21. The van der Waals surface area contributed by atoms with E-state index in [2.05, 4.69) is 0 Å². The second kappa shape index (κ2) is 8.62. The average Bonchev–Trinajstić information content (AvgIpc) is 3.19. The molecule has 0 saturated heterocycles. The Morgan fingerprint density at radius 2 is 1.79 bits per heavy atom. The average molecular weight is 403 g/mol. The fourth-order valence-corrected chi connectivity index (χ4v) is 3.30. The monoisotopic (exact) mass is 403 g/mol. The van der Waals surface area contributed by atoms with Crippen molar-refractivity contribution in [2.24, 2.45) is 0 Å². The summed E-state index contributed by atoms with van der Waals surface area (Å²) in [5.41, 5.74) is 2.74. The molecule has 1 N–H and O–H groups in total. The van der Waals surface area contributed by atoms with E-state index in [0.29, 0.717) is 0 Å².